The number of pyridine rings is 1. The molecule has 0 aliphatic carbocycles. The van der Waals surface area contributed by atoms with Crippen LogP contribution in [0.2, 0.25) is 5.28 Å². The van der Waals surface area contributed by atoms with E-state index in [0.717, 1.165) is 6.20 Å². The van der Waals surface area contributed by atoms with Crippen LogP contribution in [0.3, 0.4) is 0 Å². The minimum atomic E-state index is -0.643. The third-order valence-corrected chi connectivity index (χ3v) is 4.79. The van der Waals surface area contributed by atoms with Crippen molar-refractivity contribution in [1.82, 2.24) is 24.8 Å². The topological polar surface area (TPSA) is 94.0 Å². The lowest BCUT2D eigenvalue weighted by Gasteiger charge is -2.22. The Morgan fingerprint density at radius 1 is 1.31 bits per heavy atom. The highest BCUT2D eigenvalue weighted by atomic mass is 35.5. The fourth-order valence-corrected chi connectivity index (χ4v) is 3.38. The number of aromatic nitrogens is 4. The molecule has 0 spiro atoms. The molecule has 32 heavy (non-hydrogen) atoms. The van der Waals surface area contributed by atoms with Crippen molar-refractivity contribution in [2.75, 3.05) is 5.32 Å². The first kappa shape index (κ1) is 23.6. The number of fused-ring (bicyclic) bond motifs is 1. The van der Waals surface area contributed by atoms with Gasteiger partial charge in [-0.15, -0.1) is 0 Å². The maximum absolute atomic E-state index is 15.4. The minimum Gasteiger partial charge on any atom is -0.444 e. The molecule has 3 heterocycles. The molecule has 1 atom stereocenters. The van der Waals surface area contributed by atoms with Crippen LogP contribution in [-0.2, 0) is 24.8 Å². The smallest absolute Gasteiger partial charge is 0.407 e. The van der Waals surface area contributed by atoms with E-state index >= 15 is 4.39 Å². The maximum Gasteiger partial charge on any atom is 0.407 e. The van der Waals surface area contributed by atoms with Crippen LogP contribution in [0.4, 0.5) is 19.4 Å². The van der Waals surface area contributed by atoms with Gasteiger partial charge in [0.1, 0.15) is 22.9 Å². The summed E-state index contributed by atoms with van der Waals surface area (Å²) < 4.78 is 36.2. The zero-order valence-electron chi connectivity index (χ0n) is 18.5. The van der Waals surface area contributed by atoms with E-state index in [1.54, 1.807) is 39.3 Å². The van der Waals surface area contributed by atoms with Gasteiger partial charge in [-0.2, -0.15) is 9.97 Å². The third kappa shape index (κ3) is 5.42. The molecular weight excluding hydrogens is 442 g/mol. The van der Waals surface area contributed by atoms with E-state index in [0.29, 0.717) is 11.3 Å². The Labute approximate surface area is 189 Å². The van der Waals surface area contributed by atoms with E-state index in [1.165, 1.54) is 12.3 Å². The summed E-state index contributed by atoms with van der Waals surface area (Å²) in [5.41, 5.74) is 0.281. The van der Waals surface area contributed by atoms with E-state index in [1.807, 2.05) is 0 Å². The standard InChI is InChI=1S/C21H25ClF2N6O2/c1-11(27-20(31)32-21(2,3)4)8-14-16(24)15-17(28-19(22)29-18(15)30(14)5)26-9-12-6-7-25-10-13(12)23/h6-7,10-11H,8-9H2,1-5H3,(H,27,31)(H,26,28,29)/t11-/m0/s1. The Morgan fingerprint density at radius 2 is 2.03 bits per heavy atom. The molecule has 3 aromatic rings. The fourth-order valence-electron chi connectivity index (χ4n) is 3.22. The number of rotatable bonds is 6. The number of ether oxygens (including phenoxy) is 1. The van der Waals surface area contributed by atoms with Crippen LogP contribution in [0.25, 0.3) is 11.0 Å². The number of carbonyl (C=O) groups is 1. The second kappa shape index (κ2) is 9.23. The summed E-state index contributed by atoms with van der Waals surface area (Å²) in [6.07, 6.45) is 2.14. The molecule has 0 saturated heterocycles. The molecule has 11 heteroatoms. The highest BCUT2D eigenvalue weighted by Crippen LogP contribution is 2.30. The van der Waals surface area contributed by atoms with Crippen molar-refractivity contribution in [2.24, 2.45) is 7.05 Å². The van der Waals surface area contributed by atoms with Gasteiger partial charge in [0.15, 0.2) is 5.82 Å². The van der Waals surface area contributed by atoms with Crippen molar-refractivity contribution in [3.05, 3.63) is 46.6 Å². The van der Waals surface area contributed by atoms with Gasteiger partial charge in [-0.05, 0) is 45.4 Å². The summed E-state index contributed by atoms with van der Waals surface area (Å²) >= 11 is 6.05. The lowest BCUT2D eigenvalue weighted by molar-refractivity contribution is 0.0508. The van der Waals surface area contributed by atoms with Gasteiger partial charge in [-0.1, -0.05) is 0 Å². The zero-order valence-corrected chi connectivity index (χ0v) is 19.2. The van der Waals surface area contributed by atoms with E-state index in [2.05, 4.69) is 25.6 Å². The number of hydrogen-bond donors (Lipinski definition) is 2. The Morgan fingerprint density at radius 3 is 2.69 bits per heavy atom. The Balaban J connectivity index is 1.87. The predicted octanol–water partition coefficient (Wildman–Crippen LogP) is 4.36. The van der Waals surface area contributed by atoms with Crippen molar-refractivity contribution in [2.45, 2.75) is 52.3 Å². The first-order chi connectivity index (χ1) is 15.0. The second-order valence-corrected chi connectivity index (χ2v) is 8.77. The number of hydrogen-bond acceptors (Lipinski definition) is 6. The SMILES string of the molecule is C[C@@H](Cc1c(F)c2c(NCc3ccncc3F)nc(Cl)nc2n1C)NC(=O)OC(C)(C)C. The normalized spacial score (nSPS) is 12.6. The molecule has 2 N–H and O–H groups in total. The number of aryl methyl sites for hydroxylation is 1. The summed E-state index contributed by atoms with van der Waals surface area (Å²) in [5.74, 6) is -0.898. The highest BCUT2D eigenvalue weighted by Gasteiger charge is 2.24. The number of alkyl carbamates (subject to hydrolysis) is 1. The highest BCUT2D eigenvalue weighted by molar-refractivity contribution is 6.28. The van der Waals surface area contributed by atoms with Gasteiger partial charge in [0.2, 0.25) is 5.28 Å². The molecule has 0 unspecified atom stereocenters. The number of nitrogens with one attached hydrogen (secondary N) is 2. The first-order valence-electron chi connectivity index (χ1n) is 9.98. The summed E-state index contributed by atoms with van der Waals surface area (Å²) in [6, 6.07) is 1.09. The molecule has 0 fully saturated rings. The van der Waals surface area contributed by atoms with Gasteiger partial charge in [-0.3, -0.25) is 4.98 Å². The molecule has 3 rings (SSSR count). The second-order valence-electron chi connectivity index (χ2n) is 8.43. The summed E-state index contributed by atoms with van der Waals surface area (Å²) in [7, 11) is 1.65. The molecule has 0 saturated carbocycles. The van der Waals surface area contributed by atoms with Gasteiger partial charge >= 0.3 is 6.09 Å². The third-order valence-electron chi connectivity index (χ3n) is 4.62. The van der Waals surface area contributed by atoms with Crippen LogP contribution >= 0.6 is 11.6 Å². The molecule has 0 aliphatic rings. The quantitative estimate of drug-likeness (QED) is 0.524. The largest absolute Gasteiger partial charge is 0.444 e. The molecule has 0 radical (unpaired) electrons. The molecule has 172 valence electrons. The van der Waals surface area contributed by atoms with Crippen LogP contribution in [0.1, 0.15) is 39.0 Å². The van der Waals surface area contributed by atoms with Crippen molar-refractivity contribution < 1.29 is 18.3 Å². The Kier molecular flexibility index (Phi) is 6.82. The number of halogens is 3. The average molecular weight is 467 g/mol. The van der Waals surface area contributed by atoms with Gasteiger partial charge in [-0.25, -0.2) is 13.6 Å². The van der Waals surface area contributed by atoms with Crippen molar-refractivity contribution in [3.8, 4) is 0 Å². The van der Waals surface area contributed by atoms with Crippen molar-refractivity contribution in [1.29, 1.82) is 0 Å². The average Bonchev–Trinajstić information content (AvgIpc) is 2.90. The van der Waals surface area contributed by atoms with Crippen LogP contribution < -0.4 is 10.6 Å². The molecule has 0 aromatic carbocycles. The Hall–Kier alpha value is -3.01. The van der Waals surface area contributed by atoms with E-state index in [9.17, 15) is 9.18 Å². The van der Waals surface area contributed by atoms with Crippen molar-refractivity contribution >= 4 is 34.5 Å². The molecule has 1 amide bonds. The van der Waals surface area contributed by atoms with Gasteiger partial charge in [0.05, 0.1) is 17.3 Å². The van der Waals surface area contributed by atoms with E-state index in [-0.39, 0.29) is 35.1 Å². The number of amides is 1. The number of anilines is 1. The fraction of sp³-hybridized carbons (Fsp3) is 0.429. The monoisotopic (exact) mass is 466 g/mol. The molecule has 3 aromatic heterocycles. The minimum absolute atomic E-state index is 0.0526. The first-order valence-corrected chi connectivity index (χ1v) is 10.4. The summed E-state index contributed by atoms with van der Waals surface area (Å²) in [5, 5.41) is 5.68. The van der Waals surface area contributed by atoms with Gasteiger partial charge < -0.3 is 19.9 Å². The van der Waals surface area contributed by atoms with E-state index in [4.69, 9.17) is 16.3 Å². The van der Waals surface area contributed by atoms with Crippen LogP contribution in [0, 0.1) is 11.6 Å². The zero-order chi connectivity index (χ0) is 23.6. The van der Waals surface area contributed by atoms with Crippen LogP contribution in [-0.4, -0.2) is 37.3 Å². The maximum atomic E-state index is 15.4. The molecule has 0 bridgehead atoms. The van der Waals surface area contributed by atoms with Crippen LogP contribution in [0.5, 0.6) is 0 Å². The lowest BCUT2D eigenvalue weighted by Crippen LogP contribution is -2.39. The summed E-state index contributed by atoms with van der Waals surface area (Å²) in [4.78, 5) is 24.0. The molecule has 8 nitrogen and oxygen atoms in total. The molecular formula is C21H25ClF2N6O2. The van der Waals surface area contributed by atoms with Gasteiger partial charge in [0, 0.05) is 37.8 Å². The lowest BCUT2D eigenvalue weighted by atomic mass is 10.1. The number of nitrogens with zero attached hydrogens (tertiary/aromatic N) is 4. The Bertz CT molecular complexity index is 1150. The number of carbonyl (C=O) groups excluding carboxylic acids is 1. The summed E-state index contributed by atoms with van der Waals surface area (Å²) in [6.45, 7) is 7.07. The van der Waals surface area contributed by atoms with E-state index < -0.39 is 29.4 Å². The van der Waals surface area contributed by atoms with Gasteiger partial charge in [0.25, 0.3) is 0 Å². The molecule has 0 aliphatic heterocycles. The van der Waals surface area contributed by atoms with Crippen LogP contribution in [0.15, 0.2) is 18.5 Å². The van der Waals surface area contributed by atoms with Crippen molar-refractivity contribution in [3.63, 3.8) is 0 Å². The predicted molar refractivity (Wildman–Crippen MR) is 118 cm³/mol.